The predicted octanol–water partition coefficient (Wildman–Crippen LogP) is 1.16. The molecule has 19 heavy (non-hydrogen) atoms. The van der Waals surface area contributed by atoms with Gasteiger partial charge in [0.1, 0.15) is 0 Å². The summed E-state index contributed by atoms with van der Waals surface area (Å²) in [4.78, 5) is 24.3. The number of nitrogens with zero attached hydrogens (tertiary/aromatic N) is 4. The lowest BCUT2D eigenvalue weighted by molar-refractivity contribution is 0.208. The van der Waals surface area contributed by atoms with Crippen molar-refractivity contribution in [2.24, 2.45) is 0 Å². The van der Waals surface area contributed by atoms with Crippen LogP contribution in [-0.2, 0) is 6.54 Å². The van der Waals surface area contributed by atoms with Crippen LogP contribution in [0.2, 0.25) is 0 Å². The van der Waals surface area contributed by atoms with Crippen LogP contribution in [-0.4, -0.2) is 48.1 Å². The standard InChI is InChI=1S/C13H21N5O/c1-10-8-11(16-12(15-10)17(2)3)9-14-13(19)18-6-4-5-7-18/h8H,4-7,9H2,1-3H3,(H,14,19). The summed E-state index contributed by atoms with van der Waals surface area (Å²) in [6.45, 7) is 4.09. The minimum absolute atomic E-state index is 0.000156. The number of amides is 2. The second-order valence-corrected chi connectivity index (χ2v) is 5.05. The molecule has 1 aromatic rings. The van der Waals surface area contributed by atoms with Crippen molar-refractivity contribution in [3.63, 3.8) is 0 Å². The summed E-state index contributed by atoms with van der Waals surface area (Å²) in [5.74, 6) is 0.672. The Morgan fingerprint density at radius 3 is 2.68 bits per heavy atom. The van der Waals surface area contributed by atoms with Crippen LogP contribution in [0.4, 0.5) is 10.7 Å². The smallest absolute Gasteiger partial charge is 0.317 e. The van der Waals surface area contributed by atoms with Gasteiger partial charge in [0.25, 0.3) is 0 Å². The van der Waals surface area contributed by atoms with Gasteiger partial charge >= 0.3 is 6.03 Å². The van der Waals surface area contributed by atoms with Crippen molar-refractivity contribution in [2.45, 2.75) is 26.3 Å². The van der Waals surface area contributed by atoms with Gasteiger partial charge in [0.2, 0.25) is 5.95 Å². The Morgan fingerprint density at radius 2 is 2.05 bits per heavy atom. The number of urea groups is 1. The Bertz CT molecular complexity index is 454. The predicted molar refractivity (Wildman–Crippen MR) is 74.1 cm³/mol. The highest BCUT2D eigenvalue weighted by Crippen LogP contribution is 2.09. The lowest BCUT2D eigenvalue weighted by Crippen LogP contribution is -2.37. The molecule has 1 N–H and O–H groups in total. The minimum Gasteiger partial charge on any atom is -0.347 e. The molecule has 2 rings (SSSR count). The normalized spacial score (nSPS) is 14.6. The van der Waals surface area contributed by atoms with Gasteiger partial charge in [0, 0.05) is 32.9 Å². The lowest BCUT2D eigenvalue weighted by atomic mass is 10.3. The van der Waals surface area contributed by atoms with E-state index in [0.717, 1.165) is 37.3 Å². The Balaban J connectivity index is 1.97. The largest absolute Gasteiger partial charge is 0.347 e. The molecule has 0 radical (unpaired) electrons. The van der Waals surface area contributed by atoms with E-state index in [1.165, 1.54) is 0 Å². The molecule has 0 saturated carbocycles. The fraction of sp³-hybridized carbons (Fsp3) is 0.615. The van der Waals surface area contributed by atoms with Gasteiger partial charge in [-0.15, -0.1) is 0 Å². The molecule has 2 amide bonds. The van der Waals surface area contributed by atoms with E-state index in [1.807, 2.05) is 36.9 Å². The SMILES string of the molecule is Cc1cc(CNC(=O)N2CCCC2)nc(N(C)C)n1. The van der Waals surface area contributed by atoms with Crippen LogP contribution in [0.1, 0.15) is 24.2 Å². The summed E-state index contributed by atoms with van der Waals surface area (Å²) in [5.41, 5.74) is 1.74. The number of aromatic nitrogens is 2. The first-order valence-corrected chi connectivity index (χ1v) is 6.61. The minimum atomic E-state index is 0.000156. The van der Waals surface area contributed by atoms with Crippen LogP contribution >= 0.6 is 0 Å². The average Bonchev–Trinajstić information content (AvgIpc) is 2.89. The van der Waals surface area contributed by atoms with E-state index < -0.39 is 0 Å². The van der Waals surface area contributed by atoms with Crippen molar-refractivity contribution in [1.29, 1.82) is 0 Å². The summed E-state index contributed by atoms with van der Waals surface area (Å²) >= 11 is 0. The fourth-order valence-corrected chi connectivity index (χ4v) is 2.11. The van der Waals surface area contributed by atoms with Crippen molar-refractivity contribution in [3.05, 3.63) is 17.5 Å². The van der Waals surface area contributed by atoms with Gasteiger partial charge in [0.15, 0.2) is 0 Å². The molecule has 0 aromatic carbocycles. The Kier molecular flexibility index (Phi) is 4.19. The molecule has 2 heterocycles. The number of carbonyl (C=O) groups is 1. The summed E-state index contributed by atoms with van der Waals surface area (Å²) in [6.07, 6.45) is 2.20. The van der Waals surface area contributed by atoms with Crippen molar-refractivity contribution < 1.29 is 4.79 Å². The van der Waals surface area contributed by atoms with Crippen LogP contribution < -0.4 is 10.2 Å². The van der Waals surface area contributed by atoms with E-state index in [2.05, 4.69) is 15.3 Å². The van der Waals surface area contributed by atoms with Crippen LogP contribution in [0.3, 0.4) is 0 Å². The molecule has 0 atom stereocenters. The number of nitrogens with one attached hydrogen (secondary N) is 1. The van der Waals surface area contributed by atoms with E-state index in [4.69, 9.17) is 0 Å². The number of aryl methyl sites for hydroxylation is 1. The highest BCUT2D eigenvalue weighted by molar-refractivity contribution is 5.74. The van der Waals surface area contributed by atoms with Gasteiger partial charge in [-0.2, -0.15) is 0 Å². The highest BCUT2D eigenvalue weighted by Gasteiger charge is 2.17. The zero-order chi connectivity index (χ0) is 13.8. The molecule has 104 valence electrons. The van der Waals surface area contributed by atoms with E-state index >= 15 is 0 Å². The van der Waals surface area contributed by atoms with Crippen molar-refractivity contribution in [3.8, 4) is 0 Å². The molecule has 1 aliphatic heterocycles. The van der Waals surface area contributed by atoms with Crippen molar-refractivity contribution in [1.82, 2.24) is 20.2 Å². The lowest BCUT2D eigenvalue weighted by Gasteiger charge is -2.17. The van der Waals surface area contributed by atoms with E-state index in [0.29, 0.717) is 12.5 Å². The first-order valence-electron chi connectivity index (χ1n) is 6.61. The zero-order valence-electron chi connectivity index (χ0n) is 11.8. The molecule has 0 aliphatic carbocycles. The Hall–Kier alpha value is -1.85. The van der Waals surface area contributed by atoms with Gasteiger partial charge in [-0.3, -0.25) is 0 Å². The molecule has 0 bridgehead atoms. The van der Waals surface area contributed by atoms with Crippen LogP contribution in [0, 0.1) is 6.92 Å². The van der Waals surface area contributed by atoms with Crippen LogP contribution in [0.25, 0.3) is 0 Å². The molecule has 1 fully saturated rings. The quantitative estimate of drug-likeness (QED) is 0.889. The van der Waals surface area contributed by atoms with Crippen molar-refractivity contribution >= 4 is 12.0 Å². The first kappa shape index (κ1) is 13.6. The van der Waals surface area contributed by atoms with Crippen molar-refractivity contribution in [2.75, 3.05) is 32.1 Å². The third-order valence-corrected chi connectivity index (χ3v) is 3.11. The molecule has 6 heteroatoms. The first-order chi connectivity index (χ1) is 9.06. The molecule has 0 spiro atoms. The molecule has 1 aromatic heterocycles. The number of likely N-dealkylation sites (tertiary alicyclic amines) is 1. The topological polar surface area (TPSA) is 61.4 Å². The van der Waals surface area contributed by atoms with Gasteiger partial charge < -0.3 is 15.1 Å². The summed E-state index contributed by atoms with van der Waals surface area (Å²) < 4.78 is 0. The number of carbonyl (C=O) groups excluding carboxylic acids is 1. The number of hydrogen-bond donors (Lipinski definition) is 1. The maximum atomic E-state index is 11.9. The second-order valence-electron chi connectivity index (χ2n) is 5.05. The maximum Gasteiger partial charge on any atom is 0.317 e. The summed E-state index contributed by atoms with van der Waals surface area (Å²) in [6, 6.07) is 1.90. The monoisotopic (exact) mass is 263 g/mol. The zero-order valence-corrected chi connectivity index (χ0v) is 11.8. The van der Waals surface area contributed by atoms with Gasteiger partial charge in [-0.1, -0.05) is 0 Å². The van der Waals surface area contributed by atoms with Gasteiger partial charge in [-0.05, 0) is 25.8 Å². The van der Waals surface area contributed by atoms with Crippen LogP contribution in [0.5, 0.6) is 0 Å². The third kappa shape index (κ3) is 3.56. The Morgan fingerprint density at radius 1 is 1.37 bits per heavy atom. The maximum absolute atomic E-state index is 11.9. The highest BCUT2D eigenvalue weighted by atomic mass is 16.2. The molecular formula is C13H21N5O. The molecular weight excluding hydrogens is 242 g/mol. The molecule has 1 saturated heterocycles. The second kappa shape index (κ2) is 5.86. The number of rotatable bonds is 3. The summed E-state index contributed by atoms with van der Waals surface area (Å²) in [7, 11) is 3.81. The van der Waals surface area contributed by atoms with E-state index in [-0.39, 0.29) is 6.03 Å². The number of hydrogen-bond acceptors (Lipinski definition) is 4. The average molecular weight is 263 g/mol. The Labute approximate surface area is 113 Å². The van der Waals surface area contributed by atoms with Gasteiger partial charge in [0.05, 0.1) is 12.2 Å². The molecule has 6 nitrogen and oxygen atoms in total. The molecule has 1 aliphatic rings. The molecule has 0 unspecified atom stereocenters. The van der Waals surface area contributed by atoms with E-state index in [9.17, 15) is 4.79 Å². The number of anilines is 1. The summed E-state index contributed by atoms with van der Waals surface area (Å²) in [5, 5.41) is 2.91. The fourth-order valence-electron chi connectivity index (χ4n) is 2.11. The van der Waals surface area contributed by atoms with Gasteiger partial charge in [-0.25, -0.2) is 14.8 Å². The van der Waals surface area contributed by atoms with Crippen LogP contribution in [0.15, 0.2) is 6.07 Å². The third-order valence-electron chi connectivity index (χ3n) is 3.11. The van der Waals surface area contributed by atoms with E-state index in [1.54, 1.807) is 0 Å².